The smallest absolute Gasteiger partial charge is 0.0637 e. The summed E-state index contributed by atoms with van der Waals surface area (Å²) in [5.74, 6) is 0. The van der Waals surface area contributed by atoms with E-state index in [1.54, 1.807) is 7.11 Å². The predicted molar refractivity (Wildman–Crippen MR) is 84.3 cm³/mol. The van der Waals surface area contributed by atoms with Crippen LogP contribution >= 0.6 is 0 Å². The van der Waals surface area contributed by atoms with Crippen LogP contribution in [0.15, 0.2) is 24.3 Å². The monoisotopic (exact) mass is 280 g/mol. The first kappa shape index (κ1) is 17.0. The van der Waals surface area contributed by atoms with Crippen LogP contribution in [0.25, 0.3) is 0 Å². The van der Waals surface area contributed by atoms with Gasteiger partial charge in [0.2, 0.25) is 0 Å². The van der Waals surface area contributed by atoms with E-state index in [2.05, 4.69) is 48.3 Å². The fraction of sp³-hybridized carbons (Fsp3) is 0.625. The van der Waals surface area contributed by atoms with E-state index in [9.17, 15) is 5.11 Å². The number of rotatable bonds is 10. The molecule has 0 bridgehead atoms. The fourth-order valence-corrected chi connectivity index (χ4v) is 2.47. The fourth-order valence-electron chi connectivity index (χ4n) is 2.47. The first-order valence-corrected chi connectivity index (χ1v) is 7.45. The number of hydrogen-bond acceptors (Lipinski definition) is 4. The zero-order valence-electron chi connectivity index (χ0n) is 12.9. The van der Waals surface area contributed by atoms with Crippen LogP contribution in [0.3, 0.4) is 0 Å². The molecule has 1 rings (SSSR count). The van der Waals surface area contributed by atoms with Gasteiger partial charge in [0, 0.05) is 31.9 Å². The number of anilines is 1. The van der Waals surface area contributed by atoms with E-state index in [1.165, 1.54) is 11.3 Å². The van der Waals surface area contributed by atoms with Gasteiger partial charge in [-0.3, -0.25) is 0 Å². The van der Waals surface area contributed by atoms with Crippen molar-refractivity contribution in [1.29, 1.82) is 0 Å². The topological polar surface area (TPSA) is 44.7 Å². The number of ether oxygens (including phenoxy) is 1. The SMILES string of the molecule is CCNC(CC)c1ccccc1N(CCO)CCOC. The van der Waals surface area contributed by atoms with E-state index in [1.807, 2.05) is 0 Å². The molecule has 114 valence electrons. The van der Waals surface area contributed by atoms with Crippen molar-refractivity contribution in [3.05, 3.63) is 29.8 Å². The van der Waals surface area contributed by atoms with Gasteiger partial charge in [-0.2, -0.15) is 0 Å². The average molecular weight is 280 g/mol. The van der Waals surface area contributed by atoms with Crippen molar-refractivity contribution in [1.82, 2.24) is 5.32 Å². The lowest BCUT2D eigenvalue weighted by molar-refractivity contribution is 0.203. The molecule has 1 atom stereocenters. The lowest BCUT2D eigenvalue weighted by Crippen LogP contribution is -2.32. The molecule has 1 aromatic carbocycles. The van der Waals surface area contributed by atoms with Gasteiger partial charge in [-0.05, 0) is 24.6 Å². The average Bonchev–Trinajstić information content (AvgIpc) is 2.49. The molecule has 0 amide bonds. The van der Waals surface area contributed by atoms with Crippen molar-refractivity contribution < 1.29 is 9.84 Å². The Hall–Kier alpha value is -1.10. The van der Waals surface area contributed by atoms with Gasteiger partial charge in [0.25, 0.3) is 0 Å². The number of methoxy groups -OCH3 is 1. The molecule has 4 heteroatoms. The molecule has 0 spiro atoms. The summed E-state index contributed by atoms with van der Waals surface area (Å²) in [6.45, 7) is 7.49. The van der Waals surface area contributed by atoms with Crippen molar-refractivity contribution in [2.75, 3.05) is 44.9 Å². The van der Waals surface area contributed by atoms with Gasteiger partial charge in [-0.25, -0.2) is 0 Å². The van der Waals surface area contributed by atoms with Crippen LogP contribution in [0.5, 0.6) is 0 Å². The van der Waals surface area contributed by atoms with Gasteiger partial charge in [0.05, 0.1) is 13.2 Å². The molecule has 0 aliphatic heterocycles. The maximum atomic E-state index is 9.29. The Morgan fingerprint density at radius 2 is 2.00 bits per heavy atom. The molecular weight excluding hydrogens is 252 g/mol. The summed E-state index contributed by atoms with van der Waals surface area (Å²) in [6.07, 6.45) is 1.04. The van der Waals surface area contributed by atoms with Crippen LogP contribution in [0.4, 0.5) is 5.69 Å². The van der Waals surface area contributed by atoms with E-state index in [4.69, 9.17) is 4.74 Å². The highest BCUT2D eigenvalue weighted by Gasteiger charge is 2.16. The molecular formula is C16H28N2O2. The summed E-state index contributed by atoms with van der Waals surface area (Å²) in [5.41, 5.74) is 2.48. The normalized spacial score (nSPS) is 12.4. The zero-order chi connectivity index (χ0) is 14.8. The van der Waals surface area contributed by atoms with Crippen LogP contribution in [0.1, 0.15) is 31.9 Å². The second-order valence-corrected chi connectivity index (χ2v) is 4.78. The Bertz CT molecular complexity index is 371. The van der Waals surface area contributed by atoms with Crippen LogP contribution in [0.2, 0.25) is 0 Å². The number of aliphatic hydroxyl groups excluding tert-OH is 1. The minimum absolute atomic E-state index is 0.149. The van der Waals surface area contributed by atoms with Crippen molar-refractivity contribution in [3.63, 3.8) is 0 Å². The summed E-state index contributed by atoms with van der Waals surface area (Å²) < 4.78 is 5.18. The minimum atomic E-state index is 0.149. The summed E-state index contributed by atoms with van der Waals surface area (Å²) in [7, 11) is 1.70. The van der Waals surface area contributed by atoms with E-state index in [-0.39, 0.29) is 6.61 Å². The molecule has 20 heavy (non-hydrogen) atoms. The van der Waals surface area contributed by atoms with E-state index >= 15 is 0 Å². The van der Waals surface area contributed by atoms with Crippen molar-refractivity contribution >= 4 is 5.69 Å². The largest absolute Gasteiger partial charge is 0.395 e. The second kappa shape index (κ2) is 9.75. The Morgan fingerprint density at radius 3 is 2.60 bits per heavy atom. The van der Waals surface area contributed by atoms with Gasteiger partial charge in [-0.1, -0.05) is 32.0 Å². The summed E-state index contributed by atoms with van der Waals surface area (Å²) in [5, 5.41) is 12.8. The molecule has 4 nitrogen and oxygen atoms in total. The second-order valence-electron chi connectivity index (χ2n) is 4.78. The lowest BCUT2D eigenvalue weighted by Gasteiger charge is -2.29. The van der Waals surface area contributed by atoms with Gasteiger partial charge < -0.3 is 20.1 Å². The van der Waals surface area contributed by atoms with Gasteiger partial charge in [0.1, 0.15) is 0 Å². The third-order valence-electron chi connectivity index (χ3n) is 3.45. The predicted octanol–water partition coefficient (Wildman–Crippen LogP) is 2.19. The Balaban J connectivity index is 3.00. The molecule has 0 aromatic heterocycles. The Labute approximate surface area is 122 Å². The molecule has 2 N–H and O–H groups in total. The molecule has 1 aromatic rings. The van der Waals surface area contributed by atoms with Crippen molar-refractivity contribution in [3.8, 4) is 0 Å². The Morgan fingerprint density at radius 1 is 1.25 bits per heavy atom. The molecule has 0 fully saturated rings. The number of hydrogen-bond donors (Lipinski definition) is 2. The van der Waals surface area contributed by atoms with Crippen LogP contribution < -0.4 is 10.2 Å². The van der Waals surface area contributed by atoms with Gasteiger partial charge in [-0.15, -0.1) is 0 Å². The standard InChI is InChI=1S/C16H28N2O2/c1-4-15(17-5-2)14-8-6-7-9-16(14)18(10-12-19)11-13-20-3/h6-9,15,17,19H,4-5,10-13H2,1-3H3. The first-order valence-electron chi connectivity index (χ1n) is 7.45. The zero-order valence-corrected chi connectivity index (χ0v) is 12.9. The first-order chi connectivity index (χ1) is 9.78. The molecule has 0 saturated heterocycles. The summed E-state index contributed by atoms with van der Waals surface area (Å²) in [4.78, 5) is 2.19. The molecule has 0 aliphatic carbocycles. The quantitative estimate of drug-likeness (QED) is 0.689. The van der Waals surface area contributed by atoms with E-state index in [0.29, 0.717) is 19.2 Å². The van der Waals surface area contributed by atoms with E-state index < -0.39 is 0 Å². The number of para-hydroxylation sites is 1. The third-order valence-corrected chi connectivity index (χ3v) is 3.45. The van der Waals surface area contributed by atoms with Gasteiger partial charge >= 0.3 is 0 Å². The highest BCUT2D eigenvalue weighted by atomic mass is 16.5. The number of nitrogens with zero attached hydrogens (tertiary/aromatic N) is 1. The molecule has 0 radical (unpaired) electrons. The molecule has 0 aliphatic rings. The highest BCUT2D eigenvalue weighted by molar-refractivity contribution is 5.55. The number of benzene rings is 1. The molecule has 0 heterocycles. The van der Waals surface area contributed by atoms with Crippen LogP contribution in [-0.4, -0.2) is 45.1 Å². The number of nitrogens with one attached hydrogen (secondary N) is 1. The van der Waals surface area contributed by atoms with E-state index in [0.717, 1.165) is 19.5 Å². The summed E-state index contributed by atoms with van der Waals surface area (Å²) >= 11 is 0. The number of aliphatic hydroxyl groups is 1. The molecule has 1 unspecified atom stereocenters. The molecule has 0 saturated carbocycles. The van der Waals surface area contributed by atoms with Crippen molar-refractivity contribution in [2.24, 2.45) is 0 Å². The highest BCUT2D eigenvalue weighted by Crippen LogP contribution is 2.28. The maximum absolute atomic E-state index is 9.29. The van der Waals surface area contributed by atoms with Crippen molar-refractivity contribution in [2.45, 2.75) is 26.3 Å². The minimum Gasteiger partial charge on any atom is -0.395 e. The maximum Gasteiger partial charge on any atom is 0.0637 e. The summed E-state index contributed by atoms with van der Waals surface area (Å²) in [6, 6.07) is 8.77. The van der Waals surface area contributed by atoms with Crippen LogP contribution in [-0.2, 0) is 4.74 Å². The van der Waals surface area contributed by atoms with Gasteiger partial charge in [0.15, 0.2) is 0 Å². The van der Waals surface area contributed by atoms with Crippen LogP contribution in [0, 0.1) is 0 Å². The third kappa shape index (κ3) is 4.78. The Kier molecular flexibility index (Phi) is 8.26. The lowest BCUT2D eigenvalue weighted by atomic mass is 10.0.